The molecule has 39 heavy (non-hydrogen) atoms. The lowest BCUT2D eigenvalue weighted by atomic mass is 9.43. The zero-order valence-electron chi connectivity index (χ0n) is 23.5. The van der Waals surface area contributed by atoms with E-state index >= 15 is 0 Å². The number of fused-ring (bicyclic) bond motifs is 5. The van der Waals surface area contributed by atoms with Crippen LogP contribution in [0.2, 0.25) is 0 Å². The number of hydrogen-bond acceptors (Lipinski definition) is 6. The van der Waals surface area contributed by atoms with Crippen molar-refractivity contribution in [2.45, 2.75) is 108 Å². The van der Waals surface area contributed by atoms with Crippen LogP contribution in [0.5, 0.6) is 0 Å². The number of carbonyl (C=O) groups excluding carboxylic acids is 1. The number of aliphatic hydroxyl groups excluding tert-OH is 3. The number of hydrogen-bond donors (Lipinski definition) is 5. The highest BCUT2D eigenvalue weighted by atomic mass is 32.2. The van der Waals surface area contributed by atoms with E-state index in [1.807, 2.05) is 0 Å². The second-order valence-electron chi connectivity index (χ2n) is 13.9. The van der Waals surface area contributed by atoms with Crippen LogP contribution in [0.1, 0.15) is 85.0 Å². The Kier molecular flexibility index (Phi) is 7.67. The Hall–Kier alpha value is -1.26. The van der Waals surface area contributed by atoms with Crippen molar-refractivity contribution in [3.05, 3.63) is 24.3 Å². The minimum atomic E-state index is -4.54. The van der Waals surface area contributed by atoms with Crippen LogP contribution in [0.25, 0.3) is 0 Å². The molecule has 220 valence electrons. The lowest BCUT2D eigenvalue weighted by molar-refractivity contribution is -0.207. The van der Waals surface area contributed by atoms with Crippen molar-refractivity contribution in [2.24, 2.45) is 46.3 Å². The molecule has 0 radical (unpaired) electrons. The van der Waals surface area contributed by atoms with Gasteiger partial charge in [-0.05, 0) is 104 Å². The van der Waals surface area contributed by atoms with Crippen molar-refractivity contribution in [3.8, 4) is 0 Å². The number of carbonyl (C=O) groups is 1. The van der Waals surface area contributed by atoms with Crippen molar-refractivity contribution in [1.29, 1.82) is 0 Å². The first-order chi connectivity index (χ1) is 18.2. The van der Waals surface area contributed by atoms with Gasteiger partial charge in [-0.2, -0.15) is 8.42 Å². The average molecular weight is 566 g/mol. The molecule has 12 atom stereocenters. The molecular formula is C30H47NO7S. The molecule has 0 bridgehead atoms. The van der Waals surface area contributed by atoms with Crippen molar-refractivity contribution in [2.75, 3.05) is 0 Å². The van der Waals surface area contributed by atoms with Crippen LogP contribution in [0.15, 0.2) is 24.3 Å². The van der Waals surface area contributed by atoms with Crippen LogP contribution >= 0.6 is 0 Å². The molecular weight excluding hydrogens is 518 g/mol. The summed E-state index contributed by atoms with van der Waals surface area (Å²) in [7, 11) is -4.54. The largest absolute Gasteiger partial charge is 0.393 e. The third-order valence-electron chi connectivity index (χ3n) is 12.2. The van der Waals surface area contributed by atoms with Crippen molar-refractivity contribution < 1.29 is 33.1 Å². The summed E-state index contributed by atoms with van der Waals surface area (Å²) in [6.07, 6.45) is 11.2. The van der Waals surface area contributed by atoms with Crippen LogP contribution in [0, 0.1) is 46.3 Å². The molecule has 0 aromatic rings. The van der Waals surface area contributed by atoms with E-state index in [0.717, 1.165) is 38.5 Å². The molecule has 4 fully saturated rings. The molecule has 0 saturated heterocycles. The number of rotatable bonds is 6. The number of nitrogens with one attached hydrogen (secondary N) is 1. The molecule has 4 saturated carbocycles. The summed E-state index contributed by atoms with van der Waals surface area (Å²) in [6, 6.07) is 0. The molecule has 1 unspecified atom stereocenters. The molecule has 5 aliphatic carbocycles. The number of amides is 1. The quantitative estimate of drug-likeness (QED) is 0.310. The SMILES string of the molecule is C[C@H](CCC(=O)NC1(S(=O)(=O)O)C=CC=CC1)[C@H]1CC[C@H]2[C@@H]3[C@H](O)C[C@@H]4C[C@H](O)CC[C@]4(C)[C@H]3C[C@H](O)[C@]12C. The maximum absolute atomic E-state index is 12.9. The van der Waals surface area contributed by atoms with E-state index in [4.69, 9.17) is 0 Å². The first kappa shape index (κ1) is 29.2. The molecule has 0 aromatic heterocycles. The van der Waals surface area contributed by atoms with E-state index in [0.29, 0.717) is 12.8 Å². The van der Waals surface area contributed by atoms with Crippen LogP contribution < -0.4 is 5.32 Å². The van der Waals surface area contributed by atoms with E-state index in [1.54, 1.807) is 12.2 Å². The smallest absolute Gasteiger partial charge is 0.293 e. The zero-order chi connectivity index (χ0) is 28.4. The second kappa shape index (κ2) is 10.2. The predicted octanol–water partition coefficient (Wildman–Crippen LogP) is 3.58. The minimum Gasteiger partial charge on any atom is -0.393 e. The summed E-state index contributed by atoms with van der Waals surface area (Å²) in [6.45, 7) is 6.63. The highest BCUT2D eigenvalue weighted by Crippen LogP contribution is 2.68. The average Bonchev–Trinajstić information content (AvgIpc) is 3.23. The Labute approximate surface area is 233 Å². The molecule has 0 heterocycles. The summed E-state index contributed by atoms with van der Waals surface area (Å²) in [5, 5.41) is 36.0. The minimum absolute atomic E-state index is 0.0260. The van der Waals surface area contributed by atoms with Crippen molar-refractivity contribution in [1.82, 2.24) is 5.32 Å². The van der Waals surface area contributed by atoms with E-state index in [2.05, 4.69) is 26.1 Å². The molecule has 5 aliphatic rings. The van der Waals surface area contributed by atoms with E-state index < -0.39 is 33.1 Å². The summed E-state index contributed by atoms with van der Waals surface area (Å²) >= 11 is 0. The Bertz CT molecular complexity index is 1120. The Balaban J connectivity index is 1.28. The van der Waals surface area contributed by atoms with Gasteiger partial charge in [0.05, 0.1) is 18.3 Å². The Morgan fingerprint density at radius 2 is 1.79 bits per heavy atom. The predicted molar refractivity (Wildman–Crippen MR) is 148 cm³/mol. The fraction of sp³-hybridized carbons (Fsp3) is 0.833. The fourth-order valence-corrected chi connectivity index (χ4v) is 10.7. The number of aliphatic hydroxyl groups is 3. The van der Waals surface area contributed by atoms with Gasteiger partial charge in [0.1, 0.15) is 0 Å². The van der Waals surface area contributed by atoms with Gasteiger partial charge in [-0.3, -0.25) is 9.35 Å². The van der Waals surface area contributed by atoms with Crippen LogP contribution in [0.4, 0.5) is 0 Å². The van der Waals surface area contributed by atoms with Crippen molar-refractivity contribution >= 4 is 16.0 Å². The molecule has 0 aromatic carbocycles. The zero-order valence-corrected chi connectivity index (χ0v) is 24.3. The van der Waals surface area contributed by atoms with Gasteiger partial charge < -0.3 is 20.6 Å². The monoisotopic (exact) mass is 565 g/mol. The van der Waals surface area contributed by atoms with Gasteiger partial charge in [-0.25, -0.2) is 0 Å². The molecule has 1 amide bonds. The van der Waals surface area contributed by atoms with Crippen LogP contribution in [-0.4, -0.2) is 57.4 Å². The third-order valence-corrected chi connectivity index (χ3v) is 13.5. The first-order valence-electron chi connectivity index (χ1n) is 14.9. The van der Waals surface area contributed by atoms with Gasteiger partial charge in [0.25, 0.3) is 10.1 Å². The third kappa shape index (κ3) is 4.74. The van der Waals surface area contributed by atoms with Gasteiger partial charge in [-0.15, -0.1) is 0 Å². The molecule has 5 rings (SSSR count). The highest BCUT2D eigenvalue weighted by molar-refractivity contribution is 7.87. The second-order valence-corrected chi connectivity index (χ2v) is 15.6. The maximum Gasteiger partial charge on any atom is 0.293 e. The number of allylic oxidation sites excluding steroid dienone is 2. The Morgan fingerprint density at radius 1 is 1.05 bits per heavy atom. The van der Waals surface area contributed by atoms with Gasteiger partial charge >= 0.3 is 0 Å². The lowest BCUT2D eigenvalue weighted by Gasteiger charge is -2.63. The van der Waals surface area contributed by atoms with Gasteiger partial charge in [0, 0.05) is 12.8 Å². The fourth-order valence-electron chi connectivity index (χ4n) is 9.94. The Morgan fingerprint density at radius 3 is 2.46 bits per heavy atom. The summed E-state index contributed by atoms with van der Waals surface area (Å²) in [5.41, 5.74) is -0.332. The van der Waals surface area contributed by atoms with E-state index in [9.17, 15) is 33.1 Å². The van der Waals surface area contributed by atoms with Crippen LogP contribution in [0.3, 0.4) is 0 Å². The summed E-state index contributed by atoms with van der Waals surface area (Å²) in [4.78, 5) is 11.1. The van der Waals surface area contributed by atoms with Crippen molar-refractivity contribution in [3.63, 3.8) is 0 Å². The molecule has 9 heteroatoms. The van der Waals surface area contributed by atoms with Gasteiger partial charge in [0.15, 0.2) is 4.87 Å². The standard InChI is InChI=1S/C30H47NO7S/c1-18(7-10-26(35)31-30(39(36,37)38)12-5-4-6-13-30)21-8-9-22-27-23(17-25(34)29(21,22)3)28(2)14-11-20(32)15-19(28)16-24(27)33/h4-6,12,18-25,27,32-34H,7-11,13-17H2,1-3H3,(H,31,35)(H,36,37,38)/t18-,19+,20-,21-,22+,23+,24-,25+,27+,28+,29-,30?/m1/s1. The molecule has 5 N–H and O–H groups in total. The van der Waals surface area contributed by atoms with Gasteiger partial charge in [0.2, 0.25) is 5.91 Å². The maximum atomic E-state index is 12.9. The summed E-state index contributed by atoms with van der Waals surface area (Å²) in [5.74, 6) is 0.736. The topological polar surface area (TPSA) is 144 Å². The van der Waals surface area contributed by atoms with Gasteiger partial charge in [-0.1, -0.05) is 39.0 Å². The van der Waals surface area contributed by atoms with E-state index in [1.165, 1.54) is 12.2 Å². The molecule has 0 aliphatic heterocycles. The summed E-state index contributed by atoms with van der Waals surface area (Å²) < 4.78 is 34.0. The van der Waals surface area contributed by atoms with Crippen LogP contribution in [-0.2, 0) is 14.9 Å². The first-order valence-corrected chi connectivity index (χ1v) is 16.3. The lowest BCUT2D eigenvalue weighted by Crippen LogP contribution is -2.62. The van der Waals surface area contributed by atoms with E-state index in [-0.39, 0.29) is 65.3 Å². The molecule has 0 spiro atoms. The molecule has 8 nitrogen and oxygen atoms in total. The highest BCUT2D eigenvalue weighted by Gasteiger charge is 2.65. The normalized spacial score (nSPS) is 48.1.